The smallest absolute Gasteiger partial charge is 0.408 e. The summed E-state index contributed by atoms with van der Waals surface area (Å²) >= 11 is 0. The minimum Gasteiger partial charge on any atom is -0.479 e. The van der Waals surface area contributed by atoms with Crippen LogP contribution in [0.3, 0.4) is 0 Å². The molecule has 0 aromatic carbocycles. The van der Waals surface area contributed by atoms with E-state index in [1.807, 2.05) is 17.3 Å². The van der Waals surface area contributed by atoms with Gasteiger partial charge in [-0.05, 0) is 110 Å². The van der Waals surface area contributed by atoms with Gasteiger partial charge in [-0.3, -0.25) is 9.59 Å². The standard InChI is InChI=1S/C39H64N6O8/c1-38(2,3)53-37(50)40-30-15-10-8-6-7-9-13-26-22-39(26,36(48)49)41-34(46)31-21-27(23-44(31)35(30)47)45-42-32(24-16-18-28(51-4)19-17-24)33(43-45)25-12-11-14-29(20-25)52-5/h9,13,24-33,42-43H,6-8,10-12,14-23H2,1-5H3,(H,40,50)(H,41,46)(H,48,49)/b13-9-/t24?,25?,26-,27-,28?,29?,30-,31+,32?,33?,39+/m1/s1. The first-order valence-electron chi connectivity index (χ1n) is 20.2. The van der Waals surface area contributed by atoms with Crippen molar-refractivity contribution in [3.63, 3.8) is 0 Å². The first-order chi connectivity index (χ1) is 25.3. The summed E-state index contributed by atoms with van der Waals surface area (Å²) in [5, 5.41) is 18.1. The first-order valence-corrected chi connectivity index (χ1v) is 20.2. The summed E-state index contributed by atoms with van der Waals surface area (Å²) in [6, 6.07) is -1.79. The average molecular weight is 745 g/mol. The SMILES string of the molecule is COC1CCC(C2NN([C@@H]3C[C@H]4C(=O)N[C@@]5(C(=O)O)C[C@H]5/C=C\CCCCC[C@@H](NC(=O)OC(C)(C)C)C(=O)N4C3)NC2C2CCCC(OC)C2)CC1. The molecule has 3 amide bonds. The Morgan fingerprint density at radius 1 is 0.887 bits per heavy atom. The summed E-state index contributed by atoms with van der Waals surface area (Å²) in [5.41, 5.74) is 5.54. The Kier molecular flexibility index (Phi) is 12.7. The van der Waals surface area contributed by atoms with Crippen molar-refractivity contribution in [2.45, 2.75) is 171 Å². The second-order valence-corrected chi connectivity index (χ2v) is 17.5. The number of allylic oxidation sites excluding steroid dienone is 1. The van der Waals surface area contributed by atoms with Crippen LogP contribution in [-0.2, 0) is 28.6 Å². The molecule has 2 saturated heterocycles. The molecule has 9 atom stereocenters. The molecule has 14 heteroatoms. The van der Waals surface area contributed by atoms with Gasteiger partial charge in [0.25, 0.3) is 0 Å². The number of rotatable bonds is 7. The number of fused-ring (bicyclic) bond motifs is 2. The molecule has 3 saturated carbocycles. The Labute approximate surface area is 314 Å². The number of amides is 3. The van der Waals surface area contributed by atoms with E-state index in [9.17, 15) is 24.3 Å². The summed E-state index contributed by atoms with van der Waals surface area (Å²) in [7, 11) is 3.59. The monoisotopic (exact) mass is 744 g/mol. The zero-order valence-corrected chi connectivity index (χ0v) is 32.4. The van der Waals surface area contributed by atoms with E-state index >= 15 is 0 Å². The third-order valence-electron chi connectivity index (χ3n) is 12.7. The lowest BCUT2D eigenvalue weighted by molar-refractivity contribution is -0.145. The van der Waals surface area contributed by atoms with Crippen molar-refractivity contribution in [3.05, 3.63) is 12.2 Å². The van der Waals surface area contributed by atoms with Crippen molar-refractivity contribution >= 4 is 23.9 Å². The number of hydrogen-bond donors (Lipinski definition) is 5. The molecule has 3 aliphatic heterocycles. The minimum atomic E-state index is -1.39. The third kappa shape index (κ3) is 9.37. The number of carboxylic acids is 1. The first kappa shape index (κ1) is 39.9. The number of carbonyl (C=O) groups excluding carboxylic acids is 3. The van der Waals surface area contributed by atoms with Crippen molar-refractivity contribution in [2.24, 2.45) is 17.8 Å². The third-order valence-corrected chi connectivity index (χ3v) is 12.7. The predicted molar refractivity (Wildman–Crippen MR) is 197 cm³/mol. The molecule has 4 unspecified atom stereocenters. The average Bonchev–Trinajstić information content (AvgIpc) is 3.43. The van der Waals surface area contributed by atoms with Crippen LogP contribution in [0.1, 0.15) is 117 Å². The van der Waals surface area contributed by atoms with Crippen LogP contribution in [0.4, 0.5) is 4.79 Å². The van der Waals surface area contributed by atoms with E-state index in [-0.39, 0.29) is 48.7 Å². The summed E-state index contributed by atoms with van der Waals surface area (Å²) < 4.78 is 17.1. The minimum absolute atomic E-state index is 0.149. The van der Waals surface area contributed by atoms with E-state index in [1.165, 1.54) is 0 Å². The highest BCUT2D eigenvalue weighted by Crippen LogP contribution is 2.46. The van der Waals surface area contributed by atoms with Crippen LogP contribution in [0.15, 0.2) is 12.2 Å². The Bertz CT molecular complexity index is 1350. The molecule has 14 nitrogen and oxygen atoms in total. The molecule has 3 heterocycles. The summed E-state index contributed by atoms with van der Waals surface area (Å²) in [5.74, 6) is -1.39. The molecule has 6 rings (SSSR count). The second-order valence-electron chi connectivity index (χ2n) is 17.5. The summed E-state index contributed by atoms with van der Waals surface area (Å²) in [6.45, 7) is 5.55. The predicted octanol–water partition coefficient (Wildman–Crippen LogP) is 3.80. The number of aliphatic carboxylic acids is 1. The van der Waals surface area contributed by atoms with Gasteiger partial charge in [-0.15, -0.1) is 0 Å². The zero-order chi connectivity index (χ0) is 37.9. The van der Waals surface area contributed by atoms with E-state index in [2.05, 4.69) is 21.5 Å². The number of hydrazine groups is 2. The molecule has 0 aromatic heterocycles. The van der Waals surface area contributed by atoms with E-state index in [1.54, 1.807) is 39.9 Å². The Balaban J connectivity index is 1.27. The fraction of sp³-hybridized carbons (Fsp3) is 0.846. The van der Waals surface area contributed by atoms with Gasteiger partial charge < -0.3 is 34.9 Å². The number of hydrogen-bond acceptors (Lipinski definition) is 10. The fourth-order valence-corrected chi connectivity index (χ4v) is 9.65. The molecule has 0 aromatic rings. The maximum Gasteiger partial charge on any atom is 0.408 e. The molecule has 0 spiro atoms. The van der Waals surface area contributed by atoms with Crippen LogP contribution in [-0.4, -0.2) is 113 Å². The molecular formula is C39H64N6O8. The maximum absolute atomic E-state index is 14.6. The van der Waals surface area contributed by atoms with Crippen molar-refractivity contribution in [1.29, 1.82) is 0 Å². The number of carbonyl (C=O) groups is 4. The molecule has 5 N–H and O–H groups in total. The Hall–Kier alpha value is -2.78. The van der Waals surface area contributed by atoms with Crippen LogP contribution in [0.25, 0.3) is 0 Å². The molecular weight excluding hydrogens is 680 g/mol. The van der Waals surface area contributed by atoms with Crippen LogP contribution < -0.4 is 21.5 Å². The zero-order valence-electron chi connectivity index (χ0n) is 32.4. The highest BCUT2D eigenvalue weighted by molar-refractivity contribution is 5.96. The topological polar surface area (TPSA) is 171 Å². The summed E-state index contributed by atoms with van der Waals surface area (Å²) in [6.07, 6.45) is 16.3. The highest BCUT2D eigenvalue weighted by Gasteiger charge is 2.61. The Morgan fingerprint density at radius 3 is 2.28 bits per heavy atom. The van der Waals surface area contributed by atoms with Crippen molar-refractivity contribution in [2.75, 3.05) is 20.8 Å². The van der Waals surface area contributed by atoms with Gasteiger partial charge in [0.2, 0.25) is 11.8 Å². The van der Waals surface area contributed by atoms with Crippen LogP contribution in [0, 0.1) is 17.8 Å². The van der Waals surface area contributed by atoms with Gasteiger partial charge in [0.1, 0.15) is 23.2 Å². The fourth-order valence-electron chi connectivity index (χ4n) is 9.65. The van der Waals surface area contributed by atoms with Gasteiger partial charge in [-0.1, -0.05) is 31.4 Å². The van der Waals surface area contributed by atoms with Crippen LogP contribution >= 0.6 is 0 Å². The molecule has 298 valence electrons. The molecule has 6 aliphatic rings. The van der Waals surface area contributed by atoms with Gasteiger partial charge in [0, 0.05) is 38.8 Å². The molecule has 53 heavy (non-hydrogen) atoms. The van der Waals surface area contributed by atoms with Gasteiger partial charge >= 0.3 is 12.1 Å². The largest absolute Gasteiger partial charge is 0.479 e. The van der Waals surface area contributed by atoms with Gasteiger partial charge in [-0.25, -0.2) is 20.4 Å². The molecule has 0 radical (unpaired) electrons. The number of methoxy groups -OCH3 is 2. The maximum atomic E-state index is 14.6. The highest BCUT2D eigenvalue weighted by atomic mass is 16.6. The second kappa shape index (κ2) is 16.9. The van der Waals surface area contributed by atoms with Crippen molar-refractivity contribution in [1.82, 2.24) is 31.5 Å². The number of ether oxygens (including phenoxy) is 3. The lowest BCUT2D eigenvalue weighted by Gasteiger charge is -2.38. The van der Waals surface area contributed by atoms with E-state index in [0.29, 0.717) is 37.5 Å². The van der Waals surface area contributed by atoms with Gasteiger partial charge in [0.15, 0.2) is 0 Å². The van der Waals surface area contributed by atoms with Crippen molar-refractivity contribution in [3.8, 4) is 0 Å². The van der Waals surface area contributed by atoms with Gasteiger partial charge in [-0.2, -0.15) is 5.12 Å². The Morgan fingerprint density at radius 2 is 1.60 bits per heavy atom. The summed E-state index contributed by atoms with van der Waals surface area (Å²) in [4.78, 5) is 56.1. The van der Waals surface area contributed by atoms with Crippen LogP contribution in [0.2, 0.25) is 0 Å². The van der Waals surface area contributed by atoms with E-state index < -0.39 is 41.2 Å². The van der Waals surface area contributed by atoms with Crippen LogP contribution in [0.5, 0.6) is 0 Å². The molecule has 5 fully saturated rings. The number of nitrogens with one attached hydrogen (secondary N) is 4. The number of alkyl carbamates (subject to hydrolysis) is 1. The van der Waals surface area contributed by atoms with E-state index in [4.69, 9.17) is 14.2 Å². The normalized spacial score (nSPS) is 39.5. The molecule has 3 aliphatic carbocycles. The molecule has 0 bridgehead atoms. The van der Waals surface area contributed by atoms with E-state index in [0.717, 1.165) is 70.6 Å². The lowest BCUT2D eigenvalue weighted by Crippen LogP contribution is -2.56. The quantitative estimate of drug-likeness (QED) is 0.240. The lowest BCUT2D eigenvalue weighted by atomic mass is 9.74. The van der Waals surface area contributed by atoms with Crippen molar-refractivity contribution < 1.29 is 38.5 Å². The number of carboxylic acid groups (broad SMARTS) is 1. The number of nitrogens with zero attached hydrogens (tertiary/aromatic N) is 2. The van der Waals surface area contributed by atoms with Gasteiger partial charge in [0.05, 0.1) is 18.2 Å².